The molecule has 10 N–H and O–H groups in total. The Kier molecular flexibility index (Phi) is 7.60. The number of hydrogen-bond donors (Lipinski definition) is 8. The van der Waals surface area contributed by atoms with Crippen molar-refractivity contribution in [2.45, 2.75) is 61.4 Å². The average Bonchev–Trinajstić information content (AvgIpc) is 2.74. The lowest BCUT2D eigenvalue weighted by atomic mass is 9.97. The van der Waals surface area contributed by atoms with E-state index in [1.54, 1.807) is 24.3 Å². The molecule has 10 atom stereocenters. The first-order chi connectivity index (χ1) is 14.3. The maximum atomic E-state index is 10.5. The third-order valence-electron chi connectivity index (χ3n) is 5.14. The van der Waals surface area contributed by atoms with Gasteiger partial charge in [-0.15, -0.1) is 0 Å². The van der Waals surface area contributed by atoms with Crippen LogP contribution in [0, 0.1) is 0 Å². The summed E-state index contributed by atoms with van der Waals surface area (Å²) in [7, 11) is 0. The highest BCUT2D eigenvalue weighted by Crippen LogP contribution is 2.30. The largest absolute Gasteiger partial charge is 0.462 e. The lowest BCUT2D eigenvalue weighted by Crippen LogP contribution is -2.65. The van der Waals surface area contributed by atoms with Gasteiger partial charge in [0.15, 0.2) is 6.29 Å². The molecule has 0 aliphatic carbocycles. The maximum Gasteiger partial charge on any atom is 0.229 e. The van der Waals surface area contributed by atoms with Crippen molar-refractivity contribution in [1.82, 2.24) is 0 Å². The molecule has 0 saturated carbocycles. The zero-order valence-electron chi connectivity index (χ0n) is 16.0. The molecule has 2 heterocycles. The fourth-order valence-electron chi connectivity index (χ4n) is 3.35. The van der Waals surface area contributed by atoms with Crippen LogP contribution in [-0.2, 0) is 14.2 Å². The highest BCUT2D eigenvalue weighted by atomic mass is 16.7. The summed E-state index contributed by atoms with van der Waals surface area (Å²) in [6.45, 7) is -1.30. The molecular weight excluding hydrogens is 406 g/mol. The molecule has 0 unspecified atom stereocenters. The van der Waals surface area contributed by atoms with E-state index in [-0.39, 0.29) is 0 Å². The van der Waals surface area contributed by atoms with E-state index in [0.29, 0.717) is 5.75 Å². The molecule has 2 aliphatic heterocycles. The van der Waals surface area contributed by atoms with E-state index in [1.165, 1.54) is 0 Å². The second kappa shape index (κ2) is 9.80. The molecule has 12 heteroatoms. The Labute approximate surface area is 171 Å². The maximum absolute atomic E-state index is 10.5. The molecule has 0 radical (unpaired) electrons. The third kappa shape index (κ3) is 4.74. The van der Waals surface area contributed by atoms with E-state index in [2.05, 4.69) is 5.73 Å². The smallest absolute Gasteiger partial charge is 0.229 e. The van der Waals surface area contributed by atoms with Crippen molar-refractivity contribution in [2.75, 3.05) is 13.2 Å². The van der Waals surface area contributed by atoms with Gasteiger partial charge < -0.3 is 60.4 Å². The Morgan fingerprint density at radius 1 is 0.733 bits per heavy atom. The zero-order chi connectivity index (χ0) is 22.0. The van der Waals surface area contributed by atoms with Gasteiger partial charge in [-0.2, -0.15) is 0 Å². The molecule has 30 heavy (non-hydrogen) atoms. The number of benzene rings is 1. The lowest BCUT2D eigenvalue weighted by Gasteiger charge is -2.45. The Morgan fingerprint density at radius 2 is 1.30 bits per heavy atom. The predicted octanol–water partition coefficient (Wildman–Crippen LogP) is -4.44. The van der Waals surface area contributed by atoms with Gasteiger partial charge in [-0.3, -0.25) is 0 Å². The molecule has 2 aliphatic rings. The summed E-state index contributed by atoms with van der Waals surface area (Å²) in [6.07, 6.45) is -14.9. The molecule has 1 aromatic carbocycles. The monoisotopic (exact) mass is 434 g/mol. The first-order valence-electron chi connectivity index (χ1n) is 9.44. The topological polar surface area (TPSA) is 206 Å². The second-order valence-electron chi connectivity index (χ2n) is 7.27. The highest BCUT2D eigenvalue weighted by Gasteiger charge is 2.51. The van der Waals surface area contributed by atoms with Crippen molar-refractivity contribution in [1.29, 1.82) is 0 Å². The first kappa shape index (κ1) is 23.2. The predicted molar refractivity (Wildman–Crippen MR) is 96.0 cm³/mol. The fourth-order valence-corrected chi connectivity index (χ4v) is 3.35. The van der Waals surface area contributed by atoms with E-state index >= 15 is 0 Å². The summed E-state index contributed by atoms with van der Waals surface area (Å²) >= 11 is 0. The highest BCUT2D eigenvalue weighted by molar-refractivity contribution is 5.34. The van der Waals surface area contributed by atoms with Gasteiger partial charge >= 0.3 is 0 Å². The molecule has 1 aromatic rings. The van der Waals surface area contributed by atoms with Gasteiger partial charge in [-0.1, -0.05) is 0 Å². The fraction of sp³-hybridized carbons (Fsp3) is 0.667. The van der Waals surface area contributed by atoms with Crippen molar-refractivity contribution in [3.8, 4) is 5.75 Å². The first-order valence-corrected chi connectivity index (χ1v) is 9.44. The van der Waals surface area contributed by atoms with E-state index in [4.69, 9.17) is 18.9 Å². The minimum atomic E-state index is -1.72. The van der Waals surface area contributed by atoms with Crippen LogP contribution in [0.15, 0.2) is 24.3 Å². The van der Waals surface area contributed by atoms with Crippen LogP contribution >= 0.6 is 0 Å². The molecule has 3 rings (SSSR count). The normalized spacial score (nSPS) is 42.1. The molecule has 0 amide bonds. The van der Waals surface area contributed by atoms with Crippen molar-refractivity contribution < 1.29 is 60.4 Å². The second-order valence-corrected chi connectivity index (χ2v) is 7.27. The average molecular weight is 434 g/mol. The molecule has 0 bridgehead atoms. The van der Waals surface area contributed by atoms with Crippen LogP contribution in [0.5, 0.6) is 5.75 Å². The van der Waals surface area contributed by atoms with Gasteiger partial charge in [0.2, 0.25) is 6.29 Å². The number of ether oxygens (including phenoxy) is 4. The number of aliphatic hydroxyl groups excluding tert-OH is 7. The van der Waals surface area contributed by atoms with Crippen molar-refractivity contribution in [3.63, 3.8) is 0 Å². The number of rotatable bonds is 6. The molecule has 0 spiro atoms. The van der Waals surface area contributed by atoms with Gasteiger partial charge in [0.05, 0.1) is 13.2 Å². The lowest BCUT2D eigenvalue weighted by molar-refractivity contribution is -0.352. The number of hydrogen-bond acceptors (Lipinski definition) is 11. The zero-order valence-corrected chi connectivity index (χ0v) is 16.0. The molecular formula is C18H28NO11+. The Balaban J connectivity index is 1.71. The summed E-state index contributed by atoms with van der Waals surface area (Å²) in [5, 5.41) is 69.7. The standard InChI is InChI=1S/C18H27NO11/c19-7-1-3-8(4-2-7)27-17-15(26)13(24)16(10(6-21)29-17)30-18-14(25)12(23)11(22)9(5-20)28-18/h1-4,9-18,20-26H,5-6,19H2/p+1/t9-,10-,11-,12+,13-,14-,15-,16-,17-,18-/m1/s1. The summed E-state index contributed by atoms with van der Waals surface area (Å²) < 4.78 is 21.8. The van der Waals surface area contributed by atoms with E-state index in [9.17, 15) is 35.7 Å². The Bertz CT molecular complexity index is 673. The van der Waals surface area contributed by atoms with Gasteiger partial charge in [0, 0.05) is 12.1 Å². The number of quaternary nitrogens is 1. The van der Waals surface area contributed by atoms with Crippen LogP contribution in [0.1, 0.15) is 0 Å². The van der Waals surface area contributed by atoms with Crippen LogP contribution in [0.3, 0.4) is 0 Å². The summed E-state index contributed by atoms with van der Waals surface area (Å²) in [4.78, 5) is 0. The van der Waals surface area contributed by atoms with Gasteiger partial charge in [-0.25, -0.2) is 0 Å². The van der Waals surface area contributed by atoms with Gasteiger partial charge in [0.25, 0.3) is 0 Å². The molecule has 2 fully saturated rings. The minimum Gasteiger partial charge on any atom is -0.462 e. The van der Waals surface area contributed by atoms with Crippen LogP contribution in [0.2, 0.25) is 0 Å². The summed E-state index contributed by atoms with van der Waals surface area (Å²) in [5.74, 6) is 0.337. The van der Waals surface area contributed by atoms with Gasteiger partial charge in [-0.05, 0) is 12.1 Å². The van der Waals surface area contributed by atoms with Crippen molar-refractivity contribution in [3.05, 3.63) is 24.3 Å². The van der Waals surface area contributed by atoms with Crippen molar-refractivity contribution >= 4 is 5.69 Å². The third-order valence-corrected chi connectivity index (χ3v) is 5.14. The quantitative estimate of drug-likeness (QED) is 0.214. The van der Waals surface area contributed by atoms with Crippen LogP contribution < -0.4 is 10.5 Å². The van der Waals surface area contributed by atoms with Gasteiger partial charge in [0.1, 0.15) is 60.3 Å². The van der Waals surface area contributed by atoms with E-state index in [1.807, 2.05) is 0 Å². The summed E-state index contributed by atoms with van der Waals surface area (Å²) in [6, 6.07) is 6.54. The molecule has 170 valence electrons. The van der Waals surface area contributed by atoms with E-state index < -0.39 is 74.6 Å². The Hall–Kier alpha value is -1.42. The van der Waals surface area contributed by atoms with Crippen LogP contribution in [-0.4, -0.2) is 110 Å². The molecule has 0 aromatic heterocycles. The van der Waals surface area contributed by atoms with Crippen LogP contribution in [0.4, 0.5) is 5.69 Å². The minimum absolute atomic E-state index is 0.337. The number of aliphatic hydroxyl groups is 7. The van der Waals surface area contributed by atoms with E-state index in [0.717, 1.165) is 5.69 Å². The summed E-state index contributed by atoms with van der Waals surface area (Å²) in [5.41, 5.74) is 4.49. The SMILES string of the molecule is [NH3+]c1ccc(O[C@@H]2O[C@H](CO)[C@@H](O[C@H]3O[C@H](CO)[C@@H](O)[C@H](O)[C@H]3O)[C@H](O)[C@H]2O)cc1. The van der Waals surface area contributed by atoms with Crippen molar-refractivity contribution in [2.24, 2.45) is 0 Å². The van der Waals surface area contributed by atoms with Crippen LogP contribution in [0.25, 0.3) is 0 Å². The molecule has 12 nitrogen and oxygen atoms in total. The Morgan fingerprint density at radius 3 is 1.90 bits per heavy atom. The molecule has 2 saturated heterocycles.